The lowest BCUT2D eigenvalue weighted by Gasteiger charge is -2.09. The Bertz CT molecular complexity index is 766. The Morgan fingerprint density at radius 3 is 2.56 bits per heavy atom. The van der Waals surface area contributed by atoms with E-state index in [1.807, 2.05) is 24.3 Å². The van der Waals surface area contributed by atoms with Crippen LogP contribution in [0, 0.1) is 0 Å². The van der Waals surface area contributed by atoms with Crippen molar-refractivity contribution in [1.82, 2.24) is 5.43 Å². The largest absolute Gasteiger partial charge is 0.417 e. The Hall–Kier alpha value is -1.80. The van der Waals surface area contributed by atoms with Gasteiger partial charge in [0.15, 0.2) is 0 Å². The van der Waals surface area contributed by atoms with Crippen molar-refractivity contribution >= 4 is 39.8 Å². The van der Waals surface area contributed by atoms with E-state index in [4.69, 9.17) is 0 Å². The maximum atomic E-state index is 12.8. The van der Waals surface area contributed by atoms with Crippen LogP contribution in [0.5, 0.6) is 0 Å². The summed E-state index contributed by atoms with van der Waals surface area (Å²) in [6.45, 7) is 0. The van der Waals surface area contributed by atoms with E-state index in [1.165, 1.54) is 30.0 Å². The summed E-state index contributed by atoms with van der Waals surface area (Å²) in [5.74, 6) is 0.410. The minimum Gasteiger partial charge on any atom is -0.272 e. The number of carbonyl (C=O) groups is 1. The molecule has 0 saturated heterocycles. The molecule has 2 aromatic carbocycles. The van der Waals surface area contributed by atoms with E-state index >= 15 is 0 Å². The first-order chi connectivity index (χ1) is 11.9. The highest BCUT2D eigenvalue weighted by Crippen LogP contribution is 2.31. The SMILES string of the molecule is O=C(CSCc1ccccc1Br)NN=Cc1ccccc1C(F)(F)F. The fourth-order valence-electron chi connectivity index (χ4n) is 1.94. The Morgan fingerprint density at radius 1 is 1.16 bits per heavy atom. The summed E-state index contributed by atoms with van der Waals surface area (Å²) in [4.78, 5) is 11.7. The first kappa shape index (κ1) is 19.5. The van der Waals surface area contributed by atoms with Crippen LogP contribution >= 0.6 is 27.7 Å². The fourth-order valence-corrected chi connectivity index (χ4v) is 3.38. The number of nitrogens with one attached hydrogen (secondary N) is 1. The van der Waals surface area contributed by atoms with Crippen LogP contribution in [0.25, 0.3) is 0 Å². The topological polar surface area (TPSA) is 41.5 Å². The number of amides is 1. The van der Waals surface area contributed by atoms with Crippen molar-refractivity contribution in [2.24, 2.45) is 5.10 Å². The van der Waals surface area contributed by atoms with Gasteiger partial charge < -0.3 is 0 Å². The van der Waals surface area contributed by atoms with Crippen LogP contribution in [-0.2, 0) is 16.7 Å². The average molecular weight is 431 g/mol. The van der Waals surface area contributed by atoms with Crippen molar-refractivity contribution in [2.75, 3.05) is 5.75 Å². The van der Waals surface area contributed by atoms with E-state index < -0.39 is 11.7 Å². The summed E-state index contributed by atoms with van der Waals surface area (Å²) in [7, 11) is 0. The maximum Gasteiger partial charge on any atom is 0.417 e. The van der Waals surface area contributed by atoms with Crippen LogP contribution in [0.3, 0.4) is 0 Å². The average Bonchev–Trinajstić information content (AvgIpc) is 2.56. The van der Waals surface area contributed by atoms with Gasteiger partial charge in [0.25, 0.3) is 0 Å². The molecule has 1 amide bonds. The lowest BCUT2D eigenvalue weighted by atomic mass is 10.1. The molecule has 0 radical (unpaired) electrons. The molecule has 2 aromatic rings. The maximum absolute atomic E-state index is 12.8. The van der Waals surface area contributed by atoms with Gasteiger partial charge >= 0.3 is 6.18 Å². The van der Waals surface area contributed by atoms with Gasteiger partial charge in [0.05, 0.1) is 17.5 Å². The van der Waals surface area contributed by atoms with Crippen molar-refractivity contribution in [2.45, 2.75) is 11.9 Å². The van der Waals surface area contributed by atoms with Gasteiger partial charge in [-0.15, -0.1) is 11.8 Å². The van der Waals surface area contributed by atoms with Crippen molar-refractivity contribution in [3.05, 3.63) is 69.7 Å². The van der Waals surface area contributed by atoms with E-state index in [0.29, 0.717) is 5.75 Å². The molecule has 0 bridgehead atoms. The third kappa shape index (κ3) is 6.21. The summed E-state index contributed by atoms with van der Waals surface area (Å²) in [6.07, 6.45) is -3.47. The fraction of sp³-hybridized carbons (Fsp3) is 0.176. The highest BCUT2D eigenvalue weighted by molar-refractivity contribution is 9.10. The molecule has 0 atom stereocenters. The number of rotatable bonds is 6. The Morgan fingerprint density at radius 2 is 1.84 bits per heavy atom. The monoisotopic (exact) mass is 430 g/mol. The quantitative estimate of drug-likeness (QED) is 0.525. The third-order valence-corrected chi connectivity index (χ3v) is 4.86. The van der Waals surface area contributed by atoms with Gasteiger partial charge in [-0.05, 0) is 17.7 Å². The zero-order valence-electron chi connectivity index (χ0n) is 12.9. The van der Waals surface area contributed by atoms with Crippen molar-refractivity contribution in [3.8, 4) is 0 Å². The molecule has 0 heterocycles. The molecule has 1 N–H and O–H groups in total. The number of hydrazone groups is 1. The van der Waals surface area contributed by atoms with Gasteiger partial charge in [-0.1, -0.05) is 52.3 Å². The zero-order chi connectivity index (χ0) is 18.3. The van der Waals surface area contributed by atoms with E-state index in [0.717, 1.165) is 22.3 Å². The minimum absolute atomic E-state index is 0.101. The molecule has 0 aliphatic heterocycles. The summed E-state index contributed by atoms with van der Waals surface area (Å²) >= 11 is 4.81. The van der Waals surface area contributed by atoms with Gasteiger partial charge in [0, 0.05) is 15.8 Å². The van der Waals surface area contributed by atoms with Crippen LogP contribution < -0.4 is 5.43 Å². The molecule has 0 fully saturated rings. The second-order valence-electron chi connectivity index (χ2n) is 4.96. The highest BCUT2D eigenvalue weighted by atomic mass is 79.9. The lowest BCUT2D eigenvalue weighted by molar-refractivity contribution is -0.137. The van der Waals surface area contributed by atoms with Crippen LogP contribution in [-0.4, -0.2) is 17.9 Å². The molecule has 0 aliphatic carbocycles. The summed E-state index contributed by atoms with van der Waals surface area (Å²) in [5.41, 5.74) is 2.40. The van der Waals surface area contributed by atoms with E-state index in [1.54, 1.807) is 0 Å². The number of alkyl halides is 3. The molecule has 0 saturated carbocycles. The Labute approximate surface area is 155 Å². The molecule has 0 aromatic heterocycles. The van der Waals surface area contributed by atoms with E-state index in [9.17, 15) is 18.0 Å². The second-order valence-corrected chi connectivity index (χ2v) is 6.80. The predicted molar refractivity (Wildman–Crippen MR) is 97.5 cm³/mol. The number of nitrogens with zero attached hydrogens (tertiary/aromatic N) is 1. The normalized spacial score (nSPS) is 11.7. The van der Waals surface area contributed by atoms with E-state index in [2.05, 4.69) is 26.5 Å². The molecule has 0 unspecified atom stereocenters. The third-order valence-electron chi connectivity index (χ3n) is 3.11. The molecule has 25 heavy (non-hydrogen) atoms. The molecule has 8 heteroatoms. The van der Waals surface area contributed by atoms with Gasteiger partial charge in [0.1, 0.15) is 0 Å². The van der Waals surface area contributed by atoms with Crippen LogP contribution in [0.15, 0.2) is 58.1 Å². The Kier molecular flexibility index (Phi) is 7.07. The van der Waals surface area contributed by atoms with Gasteiger partial charge in [0.2, 0.25) is 5.91 Å². The van der Waals surface area contributed by atoms with Crippen molar-refractivity contribution in [3.63, 3.8) is 0 Å². The smallest absolute Gasteiger partial charge is 0.272 e. The molecular weight excluding hydrogens is 417 g/mol. The van der Waals surface area contributed by atoms with Crippen molar-refractivity contribution < 1.29 is 18.0 Å². The van der Waals surface area contributed by atoms with Crippen LogP contribution in [0.4, 0.5) is 13.2 Å². The van der Waals surface area contributed by atoms with Gasteiger partial charge in [-0.2, -0.15) is 18.3 Å². The zero-order valence-corrected chi connectivity index (χ0v) is 15.3. The second kappa shape index (κ2) is 9.05. The number of thioether (sulfide) groups is 1. The molecular formula is C17H14BrF3N2OS. The molecule has 0 aliphatic rings. The van der Waals surface area contributed by atoms with Crippen molar-refractivity contribution in [1.29, 1.82) is 0 Å². The first-order valence-electron chi connectivity index (χ1n) is 7.17. The number of hydrogen-bond acceptors (Lipinski definition) is 3. The van der Waals surface area contributed by atoms with Crippen LogP contribution in [0.2, 0.25) is 0 Å². The van der Waals surface area contributed by atoms with Crippen LogP contribution in [0.1, 0.15) is 16.7 Å². The number of halogens is 4. The summed E-state index contributed by atoms with van der Waals surface area (Å²) in [6, 6.07) is 12.7. The highest BCUT2D eigenvalue weighted by Gasteiger charge is 2.32. The number of carbonyl (C=O) groups excluding carboxylic acids is 1. The number of hydrogen-bond donors (Lipinski definition) is 1. The summed E-state index contributed by atoms with van der Waals surface area (Å²) in [5, 5.41) is 3.61. The number of benzene rings is 2. The predicted octanol–water partition coefficient (Wildman–Crippen LogP) is 4.85. The van der Waals surface area contributed by atoms with Gasteiger partial charge in [-0.25, -0.2) is 5.43 Å². The Balaban J connectivity index is 1.84. The van der Waals surface area contributed by atoms with E-state index in [-0.39, 0.29) is 17.2 Å². The summed E-state index contributed by atoms with van der Waals surface area (Å²) < 4.78 is 39.5. The first-order valence-corrected chi connectivity index (χ1v) is 9.12. The minimum atomic E-state index is -4.47. The molecule has 2 rings (SSSR count). The standard InChI is InChI=1S/C17H14BrF3N2OS/c18-15-8-4-2-6-13(15)10-25-11-16(24)23-22-9-12-5-1-3-7-14(12)17(19,20)21/h1-9H,10-11H2,(H,23,24). The van der Waals surface area contributed by atoms with Gasteiger partial charge in [-0.3, -0.25) is 4.79 Å². The lowest BCUT2D eigenvalue weighted by Crippen LogP contribution is -2.20. The molecule has 132 valence electrons. The molecule has 0 spiro atoms. The molecule has 3 nitrogen and oxygen atoms in total.